The second kappa shape index (κ2) is 7.59. The summed E-state index contributed by atoms with van der Waals surface area (Å²) in [4.78, 5) is 44.3. The number of amides is 1. The average molecular weight is 440 g/mol. The summed E-state index contributed by atoms with van der Waals surface area (Å²) in [6, 6.07) is 2.28. The van der Waals surface area contributed by atoms with E-state index in [9.17, 15) is 14.0 Å². The zero-order valence-corrected chi connectivity index (χ0v) is 18.1. The van der Waals surface area contributed by atoms with E-state index in [0.717, 1.165) is 0 Å². The number of halogens is 1. The number of aromatic amines is 2. The summed E-state index contributed by atoms with van der Waals surface area (Å²) in [6.07, 6.45) is 2.22. The molecule has 0 saturated carbocycles. The Hall–Kier alpha value is -4.02. The van der Waals surface area contributed by atoms with Gasteiger partial charge in [-0.2, -0.15) is 4.98 Å². The number of aryl methyl sites for hydroxylation is 1. The summed E-state index contributed by atoms with van der Waals surface area (Å²) in [5, 5.41) is 0.398. The third-order valence-corrected chi connectivity index (χ3v) is 4.49. The van der Waals surface area contributed by atoms with E-state index in [1.54, 1.807) is 27.7 Å². The van der Waals surface area contributed by atoms with Crippen LogP contribution in [0.5, 0.6) is 11.8 Å². The number of carbonyl (C=O) groups is 1. The molecule has 0 aliphatic heterocycles. The number of rotatable bonds is 3. The highest BCUT2D eigenvalue weighted by molar-refractivity contribution is 6.11. The molecule has 0 aliphatic carbocycles. The lowest BCUT2D eigenvalue weighted by molar-refractivity contribution is 0.0589. The van der Waals surface area contributed by atoms with Crippen LogP contribution in [-0.2, 0) is 4.74 Å². The van der Waals surface area contributed by atoms with Gasteiger partial charge in [-0.15, -0.1) is 0 Å². The van der Waals surface area contributed by atoms with E-state index < -0.39 is 23.1 Å². The number of carbonyl (C=O) groups excluding carboxylic acids is 1. The number of hydrogen-bond donors (Lipinski definition) is 2. The maximum absolute atomic E-state index is 14.4. The van der Waals surface area contributed by atoms with Crippen molar-refractivity contribution in [2.75, 3.05) is 11.9 Å². The summed E-state index contributed by atoms with van der Waals surface area (Å²) in [6.45, 7) is 6.91. The molecule has 0 spiro atoms. The van der Waals surface area contributed by atoms with Gasteiger partial charge in [0.2, 0.25) is 0 Å². The second-order valence-electron chi connectivity index (χ2n) is 8.17. The van der Waals surface area contributed by atoms with E-state index >= 15 is 0 Å². The maximum Gasteiger partial charge on any atom is 0.414 e. The van der Waals surface area contributed by atoms with Crippen molar-refractivity contribution in [2.45, 2.75) is 33.3 Å². The number of benzene rings is 1. The van der Waals surface area contributed by atoms with E-state index in [1.165, 1.54) is 36.5 Å². The maximum atomic E-state index is 14.4. The Labute approximate surface area is 181 Å². The number of anilines is 1. The number of H-pyrrole nitrogens is 2. The van der Waals surface area contributed by atoms with E-state index in [2.05, 4.69) is 24.9 Å². The summed E-state index contributed by atoms with van der Waals surface area (Å²) in [7, 11) is 1.46. The molecule has 4 rings (SSSR count). The zero-order chi connectivity index (χ0) is 23.2. The van der Waals surface area contributed by atoms with Gasteiger partial charge in [0.15, 0.2) is 5.75 Å². The standard InChI is InChI=1S/C21H21FN6O4/c1-10-23-8-12(9-24-10)31-19-26-17-15(18(29)27-19)13-6-11(22)7-14(16(13)25-17)28(5)20(30)32-21(2,3)4/h6-9H,1-5H3,(H2,25,26,27,29). The van der Waals surface area contributed by atoms with Crippen molar-refractivity contribution in [3.8, 4) is 11.8 Å². The number of fused-ring (bicyclic) bond motifs is 3. The molecule has 0 aliphatic rings. The molecular formula is C21H21FN6O4. The van der Waals surface area contributed by atoms with Gasteiger partial charge in [0.25, 0.3) is 5.56 Å². The lowest BCUT2D eigenvalue weighted by atomic mass is 10.1. The van der Waals surface area contributed by atoms with Gasteiger partial charge in [-0.3, -0.25) is 14.7 Å². The Morgan fingerprint density at radius 2 is 1.84 bits per heavy atom. The highest BCUT2D eigenvalue weighted by Crippen LogP contribution is 2.32. The Kier molecular flexibility index (Phi) is 5.03. The van der Waals surface area contributed by atoms with Gasteiger partial charge >= 0.3 is 12.1 Å². The lowest BCUT2D eigenvalue weighted by Gasteiger charge is -2.25. The van der Waals surface area contributed by atoms with Crippen molar-refractivity contribution in [3.63, 3.8) is 0 Å². The first kappa shape index (κ1) is 21.2. The van der Waals surface area contributed by atoms with E-state index in [1.807, 2.05) is 0 Å². The minimum absolute atomic E-state index is 0.0935. The molecule has 0 fully saturated rings. The minimum Gasteiger partial charge on any atom is -0.443 e. The summed E-state index contributed by atoms with van der Waals surface area (Å²) < 4.78 is 25.3. The minimum atomic E-state index is -0.733. The number of ether oxygens (including phenoxy) is 2. The van der Waals surface area contributed by atoms with Crippen molar-refractivity contribution in [1.29, 1.82) is 0 Å². The van der Waals surface area contributed by atoms with Crippen LogP contribution in [-0.4, -0.2) is 43.7 Å². The van der Waals surface area contributed by atoms with Crippen molar-refractivity contribution < 1.29 is 18.7 Å². The normalized spacial score (nSPS) is 11.7. The molecular weight excluding hydrogens is 419 g/mol. The van der Waals surface area contributed by atoms with Gasteiger partial charge in [0.1, 0.15) is 22.9 Å². The largest absolute Gasteiger partial charge is 0.443 e. The Morgan fingerprint density at radius 3 is 2.50 bits per heavy atom. The fraction of sp³-hybridized carbons (Fsp3) is 0.286. The predicted molar refractivity (Wildman–Crippen MR) is 116 cm³/mol. The molecule has 0 atom stereocenters. The van der Waals surface area contributed by atoms with Crippen LogP contribution >= 0.6 is 0 Å². The molecule has 2 N–H and O–H groups in total. The first-order valence-electron chi connectivity index (χ1n) is 9.70. The zero-order valence-electron chi connectivity index (χ0n) is 18.1. The fourth-order valence-corrected chi connectivity index (χ4v) is 3.12. The molecule has 166 valence electrons. The second-order valence-corrected chi connectivity index (χ2v) is 8.17. The fourth-order valence-electron chi connectivity index (χ4n) is 3.12. The third kappa shape index (κ3) is 4.09. The molecule has 0 saturated heterocycles. The van der Waals surface area contributed by atoms with Crippen LogP contribution in [0.1, 0.15) is 26.6 Å². The highest BCUT2D eigenvalue weighted by atomic mass is 19.1. The molecule has 0 radical (unpaired) electrons. The Bertz CT molecular complexity index is 1390. The van der Waals surface area contributed by atoms with Crippen molar-refractivity contribution in [2.24, 2.45) is 0 Å². The molecule has 4 aromatic rings. The topological polar surface area (TPSA) is 126 Å². The lowest BCUT2D eigenvalue weighted by Crippen LogP contribution is -2.34. The molecule has 1 aromatic carbocycles. The quantitative estimate of drug-likeness (QED) is 0.496. The number of nitrogens with zero attached hydrogens (tertiary/aromatic N) is 4. The van der Waals surface area contributed by atoms with Gasteiger partial charge in [0, 0.05) is 12.4 Å². The van der Waals surface area contributed by atoms with Gasteiger partial charge in [-0.1, -0.05) is 0 Å². The average Bonchev–Trinajstić information content (AvgIpc) is 3.06. The van der Waals surface area contributed by atoms with Gasteiger partial charge in [0.05, 0.1) is 29.0 Å². The van der Waals surface area contributed by atoms with Crippen molar-refractivity contribution in [3.05, 3.63) is 46.5 Å². The SMILES string of the molecule is Cc1ncc(Oc2nc3[nH]c4c(N(C)C(=O)OC(C)(C)C)cc(F)cc4c3c(=O)[nH]2)cn1. The van der Waals surface area contributed by atoms with Crippen LogP contribution in [0.3, 0.4) is 0 Å². The van der Waals surface area contributed by atoms with Crippen LogP contribution in [0.15, 0.2) is 29.3 Å². The van der Waals surface area contributed by atoms with E-state index in [-0.39, 0.29) is 33.9 Å². The molecule has 32 heavy (non-hydrogen) atoms. The molecule has 0 unspecified atom stereocenters. The molecule has 3 aromatic heterocycles. The van der Waals surface area contributed by atoms with Crippen LogP contribution in [0.4, 0.5) is 14.9 Å². The molecule has 0 bridgehead atoms. The highest BCUT2D eigenvalue weighted by Gasteiger charge is 2.24. The molecule has 3 heterocycles. The smallest absolute Gasteiger partial charge is 0.414 e. The van der Waals surface area contributed by atoms with Crippen LogP contribution in [0, 0.1) is 12.7 Å². The Balaban J connectivity index is 1.81. The molecule has 1 amide bonds. The first-order valence-corrected chi connectivity index (χ1v) is 9.70. The number of nitrogens with one attached hydrogen (secondary N) is 2. The van der Waals surface area contributed by atoms with Crippen LogP contribution in [0.25, 0.3) is 21.9 Å². The van der Waals surface area contributed by atoms with Crippen molar-refractivity contribution >= 4 is 33.7 Å². The number of hydrogen-bond acceptors (Lipinski definition) is 7. The third-order valence-electron chi connectivity index (χ3n) is 4.49. The monoisotopic (exact) mass is 440 g/mol. The summed E-state index contributed by atoms with van der Waals surface area (Å²) in [5.41, 5.74) is -0.565. The van der Waals surface area contributed by atoms with Gasteiger partial charge < -0.3 is 14.5 Å². The van der Waals surface area contributed by atoms with Crippen LogP contribution < -0.4 is 15.2 Å². The molecule has 10 nitrogen and oxygen atoms in total. The van der Waals surface area contributed by atoms with E-state index in [4.69, 9.17) is 9.47 Å². The van der Waals surface area contributed by atoms with Gasteiger partial charge in [-0.05, 0) is 39.8 Å². The van der Waals surface area contributed by atoms with E-state index in [0.29, 0.717) is 11.3 Å². The predicted octanol–water partition coefficient (Wildman–Crippen LogP) is 3.81. The number of aromatic nitrogens is 5. The molecule has 11 heteroatoms. The summed E-state index contributed by atoms with van der Waals surface area (Å²) >= 11 is 0. The van der Waals surface area contributed by atoms with Crippen molar-refractivity contribution in [1.82, 2.24) is 24.9 Å². The van der Waals surface area contributed by atoms with Crippen LogP contribution in [0.2, 0.25) is 0 Å². The summed E-state index contributed by atoms with van der Waals surface area (Å²) in [5.74, 6) is 0.222. The van der Waals surface area contributed by atoms with Gasteiger partial charge in [-0.25, -0.2) is 19.2 Å². The Morgan fingerprint density at radius 1 is 1.16 bits per heavy atom. The first-order chi connectivity index (χ1) is 15.0.